The van der Waals surface area contributed by atoms with Gasteiger partial charge in [0.15, 0.2) is 0 Å². The number of pyridine rings is 1. The molecule has 2 fully saturated rings. The van der Waals surface area contributed by atoms with Crippen molar-refractivity contribution in [1.29, 1.82) is 0 Å². The van der Waals surface area contributed by atoms with E-state index in [0.29, 0.717) is 11.9 Å². The van der Waals surface area contributed by atoms with Gasteiger partial charge < -0.3 is 0 Å². The van der Waals surface area contributed by atoms with Gasteiger partial charge in [-0.15, -0.1) is 0 Å². The van der Waals surface area contributed by atoms with E-state index in [9.17, 15) is 4.79 Å². The number of amides is 1. The van der Waals surface area contributed by atoms with Crippen molar-refractivity contribution >= 4 is 11.7 Å². The van der Waals surface area contributed by atoms with Crippen LogP contribution >= 0.6 is 0 Å². The van der Waals surface area contributed by atoms with E-state index in [1.807, 2.05) is 23.1 Å². The molecule has 17 heavy (non-hydrogen) atoms. The molecule has 0 unspecified atom stereocenters. The lowest BCUT2D eigenvalue weighted by Crippen LogP contribution is -2.37. The summed E-state index contributed by atoms with van der Waals surface area (Å²) in [6.45, 7) is 0. The van der Waals surface area contributed by atoms with E-state index in [4.69, 9.17) is 0 Å². The predicted molar refractivity (Wildman–Crippen MR) is 66.7 cm³/mol. The topological polar surface area (TPSA) is 33.2 Å². The second-order valence-corrected chi connectivity index (χ2v) is 5.11. The second kappa shape index (κ2) is 4.47. The van der Waals surface area contributed by atoms with E-state index in [1.54, 1.807) is 6.20 Å². The van der Waals surface area contributed by atoms with Crippen molar-refractivity contribution in [3.05, 3.63) is 24.4 Å². The first-order chi connectivity index (χ1) is 8.36. The predicted octanol–water partition coefficient (Wildman–Crippen LogP) is 2.77. The maximum absolute atomic E-state index is 12.5. The Hall–Kier alpha value is -1.38. The van der Waals surface area contributed by atoms with Gasteiger partial charge in [0.25, 0.3) is 0 Å². The Morgan fingerprint density at radius 1 is 1.18 bits per heavy atom. The van der Waals surface area contributed by atoms with E-state index in [1.165, 1.54) is 12.8 Å². The van der Waals surface area contributed by atoms with Gasteiger partial charge in [0, 0.05) is 18.2 Å². The molecule has 0 bridgehead atoms. The lowest BCUT2D eigenvalue weighted by molar-refractivity contribution is -0.122. The normalized spacial score (nSPS) is 20.5. The van der Waals surface area contributed by atoms with Gasteiger partial charge in [0.2, 0.25) is 5.91 Å². The minimum atomic E-state index is 0.248. The fourth-order valence-corrected chi connectivity index (χ4v) is 2.68. The first-order valence-corrected chi connectivity index (χ1v) is 6.60. The van der Waals surface area contributed by atoms with Crippen molar-refractivity contribution in [3.63, 3.8) is 0 Å². The first-order valence-electron chi connectivity index (χ1n) is 6.60. The largest absolute Gasteiger partial charge is 0.293 e. The average molecular weight is 230 g/mol. The van der Waals surface area contributed by atoms with E-state index in [0.717, 1.165) is 31.5 Å². The summed E-state index contributed by atoms with van der Waals surface area (Å²) in [6, 6.07) is 6.22. The van der Waals surface area contributed by atoms with Crippen LogP contribution in [0.5, 0.6) is 0 Å². The van der Waals surface area contributed by atoms with E-state index in [2.05, 4.69) is 4.98 Å². The molecule has 1 amide bonds. The maximum atomic E-state index is 12.5. The number of nitrogens with zero attached hydrogens (tertiary/aromatic N) is 2. The Kier molecular flexibility index (Phi) is 2.83. The molecule has 1 aromatic rings. The summed E-state index contributed by atoms with van der Waals surface area (Å²) >= 11 is 0. The third kappa shape index (κ3) is 2.19. The minimum absolute atomic E-state index is 0.248. The lowest BCUT2D eigenvalue weighted by atomic mass is 10.1. The molecule has 0 aromatic carbocycles. The third-order valence-electron chi connectivity index (χ3n) is 3.75. The zero-order valence-corrected chi connectivity index (χ0v) is 10.0. The van der Waals surface area contributed by atoms with Gasteiger partial charge >= 0.3 is 0 Å². The molecular formula is C14H18N2O. The Morgan fingerprint density at radius 3 is 2.53 bits per heavy atom. The van der Waals surface area contributed by atoms with Crippen LogP contribution in [0.1, 0.15) is 38.5 Å². The molecule has 90 valence electrons. The summed E-state index contributed by atoms with van der Waals surface area (Å²) in [5, 5.41) is 0. The van der Waals surface area contributed by atoms with Gasteiger partial charge in [-0.25, -0.2) is 4.98 Å². The zero-order valence-electron chi connectivity index (χ0n) is 10.0. The maximum Gasteiger partial charge on any atom is 0.231 e. The Balaban J connectivity index is 1.82. The number of hydrogen-bond donors (Lipinski definition) is 0. The number of anilines is 1. The van der Waals surface area contributed by atoms with Crippen LogP contribution in [0, 0.1) is 5.92 Å². The summed E-state index contributed by atoms with van der Waals surface area (Å²) in [5.41, 5.74) is 0. The van der Waals surface area contributed by atoms with Crippen LogP contribution < -0.4 is 4.90 Å². The van der Waals surface area contributed by atoms with Gasteiger partial charge in [-0.1, -0.05) is 18.9 Å². The van der Waals surface area contributed by atoms with Crippen LogP contribution in [-0.2, 0) is 4.79 Å². The van der Waals surface area contributed by atoms with Crippen molar-refractivity contribution in [2.24, 2.45) is 5.92 Å². The van der Waals surface area contributed by atoms with Crippen LogP contribution in [0.3, 0.4) is 0 Å². The summed E-state index contributed by atoms with van der Waals surface area (Å²) < 4.78 is 0. The number of aromatic nitrogens is 1. The average Bonchev–Trinajstić information content (AvgIpc) is 3.04. The molecule has 3 heteroatoms. The molecule has 0 aliphatic heterocycles. The van der Waals surface area contributed by atoms with Crippen molar-refractivity contribution in [3.8, 4) is 0 Å². The highest BCUT2D eigenvalue weighted by Crippen LogP contribution is 2.35. The van der Waals surface area contributed by atoms with E-state index in [-0.39, 0.29) is 5.92 Å². The molecule has 2 aliphatic carbocycles. The molecule has 3 rings (SSSR count). The Bertz CT molecular complexity index is 394. The molecule has 0 radical (unpaired) electrons. The summed E-state index contributed by atoms with van der Waals surface area (Å²) in [4.78, 5) is 18.8. The van der Waals surface area contributed by atoms with Gasteiger partial charge in [0.05, 0.1) is 0 Å². The van der Waals surface area contributed by atoms with Crippen molar-refractivity contribution in [2.45, 2.75) is 44.6 Å². The number of carbonyl (C=O) groups is 1. The van der Waals surface area contributed by atoms with Crippen LogP contribution in [0.4, 0.5) is 5.82 Å². The SMILES string of the molecule is O=C(C1CCCC1)N(c1ccccn1)C1CC1. The second-order valence-electron chi connectivity index (χ2n) is 5.11. The monoisotopic (exact) mass is 230 g/mol. The zero-order chi connectivity index (χ0) is 11.7. The van der Waals surface area contributed by atoms with Gasteiger partial charge in [-0.2, -0.15) is 0 Å². The summed E-state index contributed by atoms with van der Waals surface area (Å²) in [5.74, 6) is 1.40. The number of hydrogen-bond acceptors (Lipinski definition) is 2. The highest BCUT2D eigenvalue weighted by Gasteiger charge is 2.38. The first kappa shape index (κ1) is 10.8. The van der Waals surface area contributed by atoms with Crippen molar-refractivity contribution in [1.82, 2.24) is 4.98 Å². The van der Waals surface area contributed by atoms with Gasteiger partial charge in [-0.3, -0.25) is 9.69 Å². The molecule has 1 aromatic heterocycles. The van der Waals surface area contributed by atoms with Crippen LogP contribution in [0.15, 0.2) is 24.4 Å². The quantitative estimate of drug-likeness (QED) is 0.800. The van der Waals surface area contributed by atoms with Gasteiger partial charge in [0.1, 0.15) is 5.82 Å². The van der Waals surface area contributed by atoms with Gasteiger partial charge in [-0.05, 0) is 37.8 Å². The Morgan fingerprint density at radius 2 is 1.94 bits per heavy atom. The van der Waals surface area contributed by atoms with Crippen molar-refractivity contribution in [2.75, 3.05) is 4.90 Å². The summed E-state index contributed by atoms with van der Waals surface area (Å²) in [6.07, 6.45) is 8.58. The molecule has 3 nitrogen and oxygen atoms in total. The molecular weight excluding hydrogens is 212 g/mol. The van der Waals surface area contributed by atoms with E-state index >= 15 is 0 Å². The molecule has 0 N–H and O–H groups in total. The standard InChI is InChI=1S/C14H18N2O/c17-14(11-5-1-2-6-11)16(12-8-9-12)13-7-3-4-10-15-13/h3-4,7,10-12H,1-2,5-6,8-9H2. The summed E-state index contributed by atoms with van der Waals surface area (Å²) in [7, 11) is 0. The molecule has 2 aliphatic rings. The fraction of sp³-hybridized carbons (Fsp3) is 0.571. The number of carbonyl (C=O) groups excluding carboxylic acids is 1. The van der Waals surface area contributed by atoms with Crippen LogP contribution in [-0.4, -0.2) is 16.9 Å². The van der Waals surface area contributed by atoms with E-state index < -0.39 is 0 Å². The molecule has 0 spiro atoms. The van der Waals surface area contributed by atoms with Crippen molar-refractivity contribution < 1.29 is 4.79 Å². The Labute approximate surface area is 102 Å². The molecule has 1 heterocycles. The van der Waals surface area contributed by atoms with Crippen LogP contribution in [0.25, 0.3) is 0 Å². The fourth-order valence-electron chi connectivity index (χ4n) is 2.68. The third-order valence-corrected chi connectivity index (χ3v) is 3.75. The molecule has 2 saturated carbocycles. The minimum Gasteiger partial charge on any atom is -0.293 e. The highest BCUT2D eigenvalue weighted by atomic mass is 16.2. The van der Waals surface area contributed by atoms with Crippen LogP contribution in [0.2, 0.25) is 0 Å². The molecule has 0 atom stereocenters. The highest BCUT2D eigenvalue weighted by molar-refractivity contribution is 5.95. The number of rotatable bonds is 3. The smallest absolute Gasteiger partial charge is 0.231 e. The lowest BCUT2D eigenvalue weighted by Gasteiger charge is -2.24. The molecule has 0 saturated heterocycles.